The molecule has 5 heteroatoms. The van der Waals surface area contributed by atoms with E-state index in [1.54, 1.807) is 0 Å². The van der Waals surface area contributed by atoms with Crippen molar-refractivity contribution >= 4 is 11.8 Å². The summed E-state index contributed by atoms with van der Waals surface area (Å²) in [5.74, 6) is 0.800. The third kappa shape index (κ3) is 2.97. The van der Waals surface area contributed by atoms with Gasteiger partial charge in [-0.05, 0) is 38.8 Å². The Hall–Kier alpha value is -1.10. The van der Waals surface area contributed by atoms with Gasteiger partial charge in [0.1, 0.15) is 6.04 Å². The normalized spacial score (nSPS) is 26.1. The average molecular weight is 239 g/mol. The van der Waals surface area contributed by atoms with Crippen LogP contribution in [0.1, 0.15) is 25.7 Å². The number of nitrogens with zero attached hydrogens (tertiary/aromatic N) is 1. The smallest absolute Gasteiger partial charge is 0.245 e. The van der Waals surface area contributed by atoms with E-state index >= 15 is 0 Å². The second kappa shape index (κ2) is 5.49. The van der Waals surface area contributed by atoms with Gasteiger partial charge in [-0.3, -0.25) is 9.59 Å². The summed E-state index contributed by atoms with van der Waals surface area (Å²) in [6.45, 7) is 2.69. The maximum atomic E-state index is 12.1. The van der Waals surface area contributed by atoms with E-state index in [1.807, 2.05) is 11.9 Å². The fourth-order valence-corrected chi connectivity index (χ4v) is 2.67. The Bertz CT molecular complexity index is 298. The highest BCUT2D eigenvalue weighted by Crippen LogP contribution is 2.18. The largest absolute Gasteiger partial charge is 0.344 e. The Kier molecular flexibility index (Phi) is 3.99. The molecule has 0 aliphatic carbocycles. The average Bonchev–Trinajstić information content (AvgIpc) is 2.76. The molecule has 2 aliphatic heterocycles. The number of carbonyl (C=O) groups excluding carboxylic acids is 2. The first-order valence-corrected chi connectivity index (χ1v) is 6.43. The molecule has 0 saturated carbocycles. The summed E-state index contributed by atoms with van der Waals surface area (Å²) in [6.07, 6.45) is 3.28. The summed E-state index contributed by atoms with van der Waals surface area (Å²) in [7, 11) is 1.96. The molecule has 0 aromatic carbocycles. The van der Waals surface area contributed by atoms with Gasteiger partial charge >= 0.3 is 0 Å². The van der Waals surface area contributed by atoms with Crippen LogP contribution in [0.15, 0.2) is 0 Å². The van der Waals surface area contributed by atoms with Crippen LogP contribution in [-0.4, -0.2) is 49.4 Å². The lowest BCUT2D eigenvalue weighted by atomic mass is 9.96. The van der Waals surface area contributed by atoms with Crippen molar-refractivity contribution in [3.8, 4) is 0 Å². The van der Waals surface area contributed by atoms with E-state index in [0.717, 1.165) is 32.5 Å². The van der Waals surface area contributed by atoms with Gasteiger partial charge in [0.15, 0.2) is 0 Å². The maximum absolute atomic E-state index is 12.1. The van der Waals surface area contributed by atoms with E-state index in [0.29, 0.717) is 18.8 Å². The van der Waals surface area contributed by atoms with Crippen molar-refractivity contribution in [2.45, 2.75) is 31.7 Å². The van der Waals surface area contributed by atoms with Crippen LogP contribution < -0.4 is 10.6 Å². The number of hydrogen-bond donors (Lipinski definition) is 2. The van der Waals surface area contributed by atoms with E-state index in [9.17, 15) is 9.59 Å². The third-order valence-electron chi connectivity index (χ3n) is 3.71. The highest BCUT2D eigenvalue weighted by atomic mass is 16.2. The molecule has 0 spiro atoms. The van der Waals surface area contributed by atoms with E-state index in [1.165, 1.54) is 0 Å². The maximum Gasteiger partial charge on any atom is 0.245 e. The zero-order valence-corrected chi connectivity index (χ0v) is 10.4. The summed E-state index contributed by atoms with van der Waals surface area (Å²) in [6, 6.07) is -0.261. The van der Waals surface area contributed by atoms with Crippen LogP contribution >= 0.6 is 0 Å². The predicted molar refractivity (Wildman–Crippen MR) is 64.4 cm³/mol. The second-order valence-corrected chi connectivity index (χ2v) is 4.99. The van der Waals surface area contributed by atoms with Crippen LogP contribution in [0, 0.1) is 5.92 Å². The van der Waals surface area contributed by atoms with Crippen molar-refractivity contribution < 1.29 is 9.59 Å². The number of hydrogen-bond acceptors (Lipinski definition) is 3. The Morgan fingerprint density at radius 3 is 2.65 bits per heavy atom. The Labute approximate surface area is 102 Å². The zero-order valence-electron chi connectivity index (χ0n) is 10.4. The first kappa shape index (κ1) is 12.4. The quantitative estimate of drug-likeness (QED) is 0.712. The molecule has 0 aromatic heterocycles. The standard InChI is InChI=1S/C12H21N3O2/c1-13-8-9-4-6-15(7-5-9)12(17)10-2-3-11(16)14-10/h9-10,13H,2-8H2,1H3,(H,14,16)/t10-/m0/s1. The van der Waals surface area contributed by atoms with Gasteiger partial charge in [-0.15, -0.1) is 0 Å². The molecule has 0 radical (unpaired) electrons. The highest BCUT2D eigenvalue weighted by molar-refractivity contribution is 5.90. The molecule has 2 heterocycles. The van der Waals surface area contributed by atoms with Gasteiger partial charge in [0.2, 0.25) is 11.8 Å². The number of rotatable bonds is 3. The van der Waals surface area contributed by atoms with Gasteiger partial charge in [0.25, 0.3) is 0 Å². The lowest BCUT2D eigenvalue weighted by Gasteiger charge is -2.33. The fourth-order valence-electron chi connectivity index (χ4n) is 2.67. The topological polar surface area (TPSA) is 61.4 Å². The van der Waals surface area contributed by atoms with Crippen molar-refractivity contribution in [3.63, 3.8) is 0 Å². The molecule has 17 heavy (non-hydrogen) atoms. The summed E-state index contributed by atoms with van der Waals surface area (Å²) in [4.78, 5) is 25.1. The molecule has 1 atom stereocenters. The molecule has 0 unspecified atom stereocenters. The van der Waals surface area contributed by atoms with Gasteiger partial charge in [-0.1, -0.05) is 0 Å². The molecule has 96 valence electrons. The summed E-state index contributed by atoms with van der Waals surface area (Å²) in [5, 5.41) is 5.93. The Balaban J connectivity index is 1.80. The van der Waals surface area contributed by atoms with Crippen molar-refractivity contribution in [2.75, 3.05) is 26.7 Å². The number of piperidine rings is 1. The second-order valence-electron chi connectivity index (χ2n) is 4.99. The molecule has 2 N–H and O–H groups in total. The molecule has 2 fully saturated rings. The first-order chi connectivity index (χ1) is 8.20. The SMILES string of the molecule is CNCC1CCN(C(=O)[C@@H]2CCC(=O)N2)CC1. The van der Waals surface area contributed by atoms with Crippen LogP contribution in [0.4, 0.5) is 0 Å². The molecule has 2 aliphatic rings. The lowest BCUT2D eigenvalue weighted by molar-refractivity contribution is -0.135. The molecule has 5 nitrogen and oxygen atoms in total. The van der Waals surface area contributed by atoms with E-state index < -0.39 is 0 Å². The van der Waals surface area contributed by atoms with Crippen LogP contribution in [0.3, 0.4) is 0 Å². The first-order valence-electron chi connectivity index (χ1n) is 6.43. The predicted octanol–water partition coefficient (Wildman–Crippen LogP) is -0.277. The minimum atomic E-state index is -0.261. The van der Waals surface area contributed by atoms with Crippen molar-refractivity contribution in [2.24, 2.45) is 5.92 Å². The fraction of sp³-hybridized carbons (Fsp3) is 0.833. The van der Waals surface area contributed by atoms with Gasteiger partial charge < -0.3 is 15.5 Å². The highest BCUT2D eigenvalue weighted by Gasteiger charge is 2.32. The van der Waals surface area contributed by atoms with Gasteiger partial charge in [-0.25, -0.2) is 0 Å². The minimum absolute atomic E-state index is 0.00780. The third-order valence-corrected chi connectivity index (χ3v) is 3.71. The molecule has 2 amide bonds. The van der Waals surface area contributed by atoms with Gasteiger partial charge in [0, 0.05) is 19.5 Å². The molecule has 0 bridgehead atoms. The van der Waals surface area contributed by atoms with Crippen molar-refractivity contribution in [1.29, 1.82) is 0 Å². The van der Waals surface area contributed by atoms with Gasteiger partial charge in [0.05, 0.1) is 0 Å². The molecule has 0 aromatic rings. The number of nitrogens with one attached hydrogen (secondary N) is 2. The summed E-state index contributed by atoms with van der Waals surface area (Å²) < 4.78 is 0. The molecular weight excluding hydrogens is 218 g/mol. The molecule has 2 saturated heterocycles. The van der Waals surface area contributed by atoms with Crippen LogP contribution in [0.2, 0.25) is 0 Å². The van der Waals surface area contributed by atoms with E-state index in [4.69, 9.17) is 0 Å². The summed E-state index contributed by atoms with van der Waals surface area (Å²) in [5.41, 5.74) is 0. The summed E-state index contributed by atoms with van der Waals surface area (Å²) >= 11 is 0. The van der Waals surface area contributed by atoms with Crippen LogP contribution in [0.5, 0.6) is 0 Å². The number of carbonyl (C=O) groups is 2. The minimum Gasteiger partial charge on any atom is -0.344 e. The molecular formula is C12H21N3O2. The number of amides is 2. The monoisotopic (exact) mass is 239 g/mol. The lowest BCUT2D eigenvalue weighted by Crippen LogP contribution is -2.48. The van der Waals surface area contributed by atoms with Gasteiger partial charge in [-0.2, -0.15) is 0 Å². The Morgan fingerprint density at radius 2 is 2.12 bits per heavy atom. The van der Waals surface area contributed by atoms with E-state index in [2.05, 4.69) is 10.6 Å². The van der Waals surface area contributed by atoms with Crippen LogP contribution in [-0.2, 0) is 9.59 Å². The zero-order chi connectivity index (χ0) is 12.3. The van der Waals surface area contributed by atoms with Crippen LogP contribution in [0.25, 0.3) is 0 Å². The molecule has 2 rings (SSSR count). The van der Waals surface area contributed by atoms with E-state index in [-0.39, 0.29) is 17.9 Å². The van der Waals surface area contributed by atoms with Crippen molar-refractivity contribution in [3.05, 3.63) is 0 Å². The number of likely N-dealkylation sites (tertiary alicyclic amines) is 1. The van der Waals surface area contributed by atoms with Crippen molar-refractivity contribution in [1.82, 2.24) is 15.5 Å². The Morgan fingerprint density at radius 1 is 1.41 bits per heavy atom.